The largest absolute Gasteiger partial charge is 0.454 e. The van der Waals surface area contributed by atoms with Crippen molar-refractivity contribution in [2.75, 3.05) is 13.3 Å². The average molecular weight is 269 g/mol. The molecule has 20 heavy (non-hydrogen) atoms. The molecule has 0 bridgehead atoms. The first kappa shape index (κ1) is 13.0. The Kier molecular flexibility index (Phi) is 3.88. The molecule has 0 spiro atoms. The molecule has 1 heterocycles. The third kappa shape index (κ3) is 2.94. The summed E-state index contributed by atoms with van der Waals surface area (Å²) in [6.07, 6.45) is 0. The minimum atomic E-state index is 0.334. The molecule has 0 unspecified atom stereocenters. The molecule has 0 aliphatic carbocycles. The topological polar surface area (TPSA) is 21.7 Å². The lowest BCUT2D eigenvalue weighted by Gasteiger charge is -2.20. The molecule has 0 amide bonds. The van der Waals surface area contributed by atoms with Gasteiger partial charge in [-0.25, -0.2) is 0 Å². The lowest BCUT2D eigenvalue weighted by Crippen LogP contribution is -2.22. The van der Waals surface area contributed by atoms with Crippen molar-refractivity contribution in [2.45, 2.75) is 20.0 Å². The Morgan fingerprint density at radius 3 is 2.45 bits per heavy atom. The van der Waals surface area contributed by atoms with Gasteiger partial charge in [0.15, 0.2) is 11.5 Å². The van der Waals surface area contributed by atoms with Gasteiger partial charge in [-0.15, -0.1) is 0 Å². The molecule has 2 aromatic carbocycles. The highest BCUT2D eigenvalue weighted by molar-refractivity contribution is 5.44. The van der Waals surface area contributed by atoms with E-state index in [9.17, 15) is 0 Å². The number of ether oxygens (including phenoxy) is 2. The second-order valence-electron chi connectivity index (χ2n) is 4.98. The Bertz CT molecular complexity index is 568. The van der Waals surface area contributed by atoms with Gasteiger partial charge in [0, 0.05) is 13.1 Å². The van der Waals surface area contributed by atoms with Crippen LogP contribution in [0.1, 0.15) is 18.1 Å². The first-order valence-electron chi connectivity index (χ1n) is 7.00. The first-order chi connectivity index (χ1) is 9.85. The quantitative estimate of drug-likeness (QED) is 0.830. The van der Waals surface area contributed by atoms with Gasteiger partial charge in [0.1, 0.15) is 0 Å². The zero-order valence-corrected chi connectivity index (χ0v) is 11.7. The van der Waals surface area contributed by atoms with E-state index in [1.54, 1.807) is 0 Å². The van der Waals surface area contributed by atoms with Crippen LogP contribution in [0.15, 0.2) is 48.5 Å². The monoisotopic (exact) mass is 269 g/mol. The highest BCUT2D eigenvalue weighted by atomic mass is 16.7. The first-order valence-corrected chi connectivity index (χ1v) is 7.00. The van der Waals surface area contributed by atoms with Gasteiger partial charge >= 0.3 is 0 Å². The van der Waals surface area contributed by atoms with E-state index in [1.807, 2.05) is 6.07 Å². The zero-order chi connectivity index (χ0) is 13.8. The van der Waals surface area contributed by atoms with Crippen LogP contribution in [0, 0.1) is 0 Å². The van der Waals surface area contributed by atoms with E-state index in [2.05, 4.69) is 54.3 Å². The summed E-state index contributed by atoms with van der Waals surface area (Å²) in [5.41, 5.74) is 2.60. The molecule has 0 fully saturated rings. The van der Waals surface area contributed by atoms with Crippen molar-refractivity contribution in [1.82, 2.24) is 4.90 Å². The molecule has 104 valence electrons. The molecule has 0 radical (unpaired) electrons. The normalized spacial score (nSPS) is 12.9. The van der Waals surface area contributed by atoms with Crippen molar-refractivity contribution in [2.24, 2.45) is 0 Å². The van der Waals surface area contributed by atoms with Gasteiger partial charge < -0.3 is 9.47 Å². The molecule has 1 aliphatic rings. The highest BCUT2D eigenvalue weighted by Crippen LogP contribution is 2.32. The van der Waals surface area contributed by atoms with Crippen molar-refractivity contribution in [3.63, 3.8) is 0 Å². The third-order valence-corrected chi connectivity index (χ3v) is 3.54. The number of fused-ring (bicyclic) bond motifs is 1. The standard InChI is InChI=1S/C17H19NO2/c1-2-18(11-14-6-4-3-5-7-14)12-15-8-9-16-17(10-15)20-13-19-16/h3-10H,2,11-13H2,1H3. The van der Waals surface area contributed by atoms with Crippen LogP contribution in [0.4, 0.5) is 0 Å². The summed E-state index contributed by atoms with van der Waals surface area (Å²) in [6.45, 7) is 5.42. The van der Waals surface area contributed by atoms with E-state index in [4.69, 9.17) is 9.47 Å². The zero-order valence-electron chi connectivity index (χ0n) is 11.7. The number of hydrogen-bond acceptors (Lipinski definition) is 3. The predicted molar refractivity (Wildman–Crippen MR) is 78.8 cm³/mol. The molecule has 0 atom stereocenters. The van der Waals surface area contributed by atoms with E-state index in [1.165, 1.54) is 11.1 Å². The summed E-state index contributed by atoms with van der Waals surface area (Å²) in [6, 6.07) is 16.8. The SMILES string of the molecule is CCN(Cc1ccccc1)Cc1ccc2c(c1)OCO2. The van der Waals surface area contributed by atoms with E-state index in [0.717, 1.165) is 31.1 Å². The van der Waals surface area contributed by atoms with Gasteiger partial charge in [-0.3, -0.25) is 4.90 Å². The van der Waals surface area contributed by atoms with Crippen LogP contribution in [-0.2, 0) is 13.1 Å². The molecule has 3 nitrogen and oxygen atoms in total. The summed E-state index contributed by atoms with van der Waals surface area (Å²) in [4.78, 5) is 2.41. The lowest BCUT2D eigenvalue weighted by atomic mass is 10.1. The number of nitrogens with zero attached hydrogens (tertiary/aromatic N) is 1. The van der Waals surface area contributed by atoms with E-state index < -0.39 is 0 Å². The Balaban J connectivity index is 1.68. The Hall–Kier alpha value is -2.00. The molecular weight excluding hydrogens is 250 g/mol. The molecule has 1 aliphatic heterocycles. The van der Waals surface area contributed by atoms with Crippen LogP contribution in [0.2, 0.25) is 0 Å². The van der Waals surface area contributed by atoms with Crippen LogP contribution in [-0.4, -0.2) is 18.2 Å². The fraction of sp³-hybridized carbons (Fsp3) is 0.294. The van der Waals surface area contributed by atoms with Crippen LogP contribution < -0.4 is 9.47 Å². The van der Waals surface area contributed by atoms with Crippen LogP contribution >= 0.6 is 0 Å². The molecule has 0 N–H and O–H groups in total. The summed E-state index contributed by atoms with van der Waals surface area (Å²) in [5.74, 6) is 1.71. The predicted octanol–water partition coefficient (Wildman–Crippen LogP) is 3.44. The summed E-state index contributed by atoms with van der Waals surface area (Å²) < 4.78 is 10.8. The second kappa shape index (κ2) is 5.97. The Morgan fingerprint density at radius 1 is 0.900 bits per heavy atom. The number of rotatable bonds is 5. The third-order valence-electron chi connectivity index (χ3n) is 3.54. The van der Waals surface area contributed by atoms with E-state index >= 15 is 0 Å². The van der Waals surface area contributed by atoms with Gasteiger partial charge in [-0.1, -0.05) is 43.3 Å². The molecule has 3 rings (SSSR count). The van der Waals surface area contributed by atoms with Gasteiger partial charge in [0.25, 0.3) is 0 Å². The molecule has 0 saturated heterocycles. The minimum absolute atomic E-state index is 0.334. The number of hydrogen-bond donors (Lipinski definition) is 0. The van der Waals surface area contributed by atoms with Crippen molar-refractivity contribution in [3.8, 4) is 11.5 Å². The van der Waals surface area contributed by atoms with Gasteiger partial charge in [0.05, 0.1) is 0 Å². The Morgan fingerprint density at radius 2 is 1.65 bits per heavy atom. The van der Waals surface area contributed by atoms with Crippen molar-refractivity contribution in [1.29, 1.82) is 0 Å². The maximum absolute atomic E-state index is 5.43. The van der Waals surface area contributed by atoms with Crippen LogP contribution in [0.5, 0.6) is 11.5 Å². The molecule has 3 heteroatoms. The summed E-state index contributed by atoms with van der Waals surface area (Å²) in [5, 5.41) is 0. The average Bonchev–Trinajstić information content (AvgIpc) is 2.95. The van der Waals surface area contributed by atoms with Crippen molar-refractivity contribution in [3.05, 3.63) is 59.7 Å². The number of benzene rings is 2. The van der Waals surface area contributed by atoms with E-state index in [0.29, 0.717) is 6.79 Å². The van der Waals surface area contributed by atoms with Gasteiger partial charge in [-0.05, 0) is 29.8 Å². The second-order valence-corrected chi connectivity index (χ2v) is 4.98. The maximum atomic E-state index is 5.43. The Labute approximate surface area is 119 Å². The maximum Gasteiger partial charge on any atom is 0.231 e. The van der Waals surface area contributed by atoms with E-state index in [-0.39, 0.29) is 0 Å². The molecule has 0 aromatic heterocycles. The van der Waals surface area contributed by atoms with Gasteiger partial charge in [0.2, 0.25) is 6.79 Å². The highest BCUT2D eigenvalue weighted by Gasteiger charge is 2.14. The smallest absolute Gasteiger partial charge is 0.231 e. The molecule has 2 aromatic rings. The van der Waals surface area contributed by atoms with Gasteiger partial charge in [-0.2, -0.15) is 0 Å². The summed E-state index contributed by atoms with van der Waals surface area (Å²) in [7, 11) is 0. The minimum Gasteiger partial charge on any atom is -0.454 e. The molecule has 0 saturated carbocycles. The fourth-order valence-corrected chi connectivity index (χ4v) is 2.42. The lowest BCUT2D eigenvalue weighted by molar-refractivity contribution is 0.174. The van der Waals surface area contributed by atoms with Crippen LogP contribution in [0.25, 0.3) is 0 Å². The summed E-state index contributed by atoms with van der Waals surface area (Å²) >= 11 is 0. The van der Waals surface area contributed by atoms with Crippen molar-refractivity contribution >= 4 is 0 Å². The molecular formula is C17H19NO2. The fourth-order valence-electron chi connectivity index (χ4n) is 2.42. The van der Waals surface area contributed by atoms with Crippen LogP contribution in [0.3, 0.4) is 0 Å². The van der Waals surface area contributed by atoms with Crippen molar-refractivity contribution < 1.29 is 9.47 Å².